The number of rotatable bonds is 4. The fraction of sp³-hybridized carbons (Fsp3) is 0.500. The summed E-state index contributed by atoms with van der Waals surface area (Å²) in [4.78, 5) is 41.5. The van der Waals surface area contributed by atoms with E-state index in [9.17, 15) is 19.6 Å². The number of ether oxygens (including phenoxy) is 5. The molecule has 2 aliphatic rings. The third-order valence-electron chi connectivity index (χ3n) is 5.85. The van der Waals surface area contributed by atoms with Crippen LogP contribution in [0.25, 0.3) is 5.52 Å². The lowest BCUT2D eigenvalue weighted by atomic mass is 9.92. The second kappa shape index (κ2) is 10.8. The van der Waals surface area contributed by atoms with Gasteiger partial charge in [-0.15, -0.1) is 0 Å². The molecule has 0 bridgehead atoms. The summed E-state index contributed by atoms with van der Waals surface area (Å²) in [5.41, 5.74) is 4.51. The first-order chi connectivity index (χ1) is 17.7. The number of nitrogens with zero attached hydrogens (tertiary/aromatic N) is 4. The maximum absolute atomic E-state index is 12.8. The Balaban J connectivity index is 1.78. The van der Waals surface area contributed by atoms with Gasteiger partial charge in [0.05, 0.1) is 11.8 Å². The van der Waals surface area contributed by atoms with Crippen molar-refractivity contribution in [1.29, 1.82) is 5.26 Å². The molecule has 0 saturated carbocycles. The number of nitriles is 1. The maximum atomic E-state index is 12.8. The topological polar surface area (TPSA) is 177 Å². The summed E-state index contributed by atoms with van der Waals surface area (Å²) in [6.45, 7) is 2.86. The van der Waals surface area contributed by atoms with Crippen LogP contribution < -0.4 is 5.73 Å². The zero-order valence-electron chi connectivity index (χ0n) is 20.4. The summed E-state index contributed by atoms with van der Waals surface area (Å²) in [6, 6.07) is 5.21. The van der Waals surface area contributed by atoms with Crippen molar-refractivity contribution in [2.45, 2.75) is 69.5 Å². The SMILES string of the molecule is CC(C)OC(=O)OC[C@H]1O[C@@](C#N)(c2ccc3c(N)ncnn23)[C@@H]2OC(=O)CCC=CCCC(=O)O[C@@H]21. The molecule has 2 aromatic rings. The summed E-state index contributed by atoms with van der Waals surface area (Å²) in [5, 5.41) is 14.7. The second-order valence-electron chi connectivity index (χ2n) is 8.81. The molecule has 13 heteroatoms. The molecule has 0 radical (unpaired) electrons. The van der Waals surface area contributed by atoms with Crippen LogP contribution in [0.5, 0.6) is 0 Å². The van der Waals surface area contributed by atoms with Gasteiger partial charge in [0.1, 0.15) is 30.6 Å². The van der Waals surface area contributed by atoms with E-state index in [4.69, 9.17) is 29.4 Å². The molecular weight excluding hydrogens is 486 g/mol. The summed E-state index contributed by atoms with van der Waals surface area (Å²) >= 11 is 0. The van der Waals surface area contributed by atoms with Crippen LogP contribution in [0.2, 0.25) is 0 Å². The van der Waals surface area contributed by atoms with E-state index in [1.54, 1.807) is 32.1 Å². The van der Waals surface area contributed by atoms with Gasteiger partial charge in [-0.2, -0.15) is 10.4 Å². The lowest BCUT2D eigenvalue weighted by Gasteiger charge is -2.28. The van der Waals surface area contributed by atoms with Crippen molar-refractivity contribution in [2.75, 3.05) is 12.3 Å². The standard InChI is InChI=1S/C24H27N5O8/c1-14(2)34-23(32)33-11-16-20-21(36-19(31)8-6-4-3-5-7-18(30)35-20)24(12-25,37-16)17-10-9-15-22(26)27-13-28-29(15)17/h3-4,9-10,13-14,16,20-21H,5-8,11H2,1-2H3,(H2,26,27,28)/t16-,20-,21-,24+/m1/s1. The van der Waals surface area contributed by atoms with E-state index < -0.39 is 54.7 Å². The minimum absolute atomic E-state index is 0.0288. The minimum Gasteiger partial charge on any atom is -0.455 e. The molecule has 1 fully saturated rings. The molecule has 2 aliphatic heterocycles. The third kappa shape index (κ3) is 5.34. The fourth-order valence-corrected chi connectivity index (χ4v) is 4.23. The normalized spacial score (nSPS) is 26.4. The molecule has 37 heavy (non-hydrogen) atoms. The quantitative estimate of drug-likeness (QED) is 0.357. The van der Waals surface area contributed by atoms with Gasteiger partial charge in [0.15, 0.2) is 18.0 Å². The van der Waals surface area contributed by atoms with Crippen LogP contribution in [-0.2, 0) is 38.9 Å². The fourth-order valence-electron chi connectivity index (χ4n) is 4.23. The molecule has 2 aromatic heterocycles. The van der Waals surface area contributed by atoms with Gasteiger partial charge in [0.2, 0.25) is 5.60 Å². The zero-order chi connectivity index (χ0) is 26.6. The molecule has 1 saturated heterocycles. The predicted molar refractivity (Wildman–Crippen MR) is 125 cm³/mol. The monoisotopic (exact) mass is 513 g/mol. The number of fused-ring (bicyclic) bond motifs is 2. The van der Waals surface area contributed by atoms with Crippen LogP contribution in [0, 0.1) is 11.3 Å². The molecule has 0 aliphatic carbocycles. The van der Waals surface area contributed by atoms with Crippen LogP contribution in [0.4, 0.5) is 10.6 Å². The third-order valence-corrected chi connectivity index (χ3v) is 5.85. The van der Waals surface area contributed by atoms with Crippen molar-refractivity contribution in [3.8, 4) is 6.07 Å². The first-order valence-corrected chi connectivity index (χ1v) is 11.8. The number of aromatic nitrogens is 3. The Labute approximate surface area is 212 Å². The Hall–Kier alpha value is -4.18. The maximum Gasteiger partial charge on any atom is 0.508 e. The second-order valence-corrected chi connectivity index (χ2v) is 8.81. The molecule has 4 rings (SSSR count). The van der Waals surface area contributed by atoms with Crippen LogP contribution in [-0.4, -0.2) is 63.7 Å². The van der Waals surface area contributed by atoms with Crippen molar-refractivity contribution in [3.05, 3.63) is 36.3 Å². The number of nitrogens with two attached hydrogens (primary N) is 1. The number of hydrogen-bond acceptors (Lipinski definition) is 12. The largest absolute Gasteiger partial charge is 0.508 e. The summed E-state index contributed by atoms with van der Waals surface area (Å²) in [6.07, 6.45) is 0.328. The van der Waals surface area contributed by atoms with Crippen LogP contribution in [0.1, 0.15) is 45.2 Å². The minimum atomic E-state index is -2.00. The summed E-state index contributed by atoms with van der Waals surface area (Å²) in [5.74, 6) is -1.08. The molecule has 196 valence electrons. The van der Waals surface area contributed by atoms with Gasteiger partial charge >= 0.3 is 18.1 Å². The van der Waals surface area contributed by atoms with Crippen molar-refractivity contribution in [2.24, 2.45) is 0 Å². The van der Waals surface area contributed by atoms with Crippen molar-refractivity contribution < 1.29 is 38.1 Å². The molecule has 0 spiro atoms. The Morgan fingerprint density at radius 2 is 1.95 bits per heavy atom. The molecule has 13 nitrogen and oxygen atoms in total. The smallest absolute Gasteiger partial charge is 0.455 e. The van der Waals surface area contributed by atoms with E-state index in [1.165, 1.54) is 16.9 Å². The van der Waals surface area contributed by atoms with Gasteiger partial charge in [-0.25, -0.2) is 14.3 Å². The average Bonchev–Trinajstić information content (AvgIpc) is 3.40. The lowest BCUT2D eigenvalue weighted by molar-refractivity contribution is -0.169. The van der Waals surface area contributed by atoms with Gasteiger partial charge in [0, 0.05) is 12.8 Å². The van der Waals surface area contributed by atoms with E-state index in [0.717, 1.165) is 0 Å². The number of nitrogen functional groups attached to an aromatic ring is 1. The molecule has 4 atom stereocenters. The first kappa shape index (κ1) is 25.9. The van der Waals surface area contributed by atoms with E-state index >= 15 is 0 Å². The van der Waals surface area contributed by atoms with Crippen LogP contribution >= 0.6 is 0 Å². The number of carbonyl (C=O) groups is 3. The molecule has 0 aromatic carbocycles. The van der Waals surface area contributed by atoms with Gasteiger partial charge in [-0.1, -0.05) is 12.2 Å². The highest BCUT2D eigenvalue weighted by Crippen LogP contribution is 2.44. The lowest BCUT2D eigenvalue weighted by Crippen LogP contribution is -2.46. The predicted octanol–water partition coefficient (Wildman–Crippen LogP) is 1.94. The van der Waals surface area contributed by atoms with Crippen molar-refractivity contribution in [3.63, 3.8) is 0 Å². The average molecular weight is 514 g/mol. The van der Waals surface area contributed by atoms with E-state index in [1.807, 2.05) is 0 Å². The highest BCUT2D eigenvalue weighted by molar-refractivity contribution is 5.72. The molecule has 0 amide bonds. The molecule has 4 heterocycles. The van der Waals surface area contributed by atoms with Gasteiger partial charge in [0.25, 0.3) is 0 Å². The highest BCUT2D eigenvalue weighted by atomic mass is 16.7. The molecular formula is C24H27N5O8. The number of esters is 2. The van der Waals surface area contributed by atoms with Crippen LogP contribution in [0.15, 0.2) is 30.6 Å². The van der Waals surface area contributed by atoms with E-state index in [2.05, 4.69) is 16.2 Å². The summed E-state index contributed by atoms with van der Waals surface area (Å²) in [7, 11) is 0. The number of hydrogen-bond donors (Lipinski definition) is 1. The van der Waals surface area contributed by atoms with Gasteiger partial charge < -0.3 is 29.4 Å². The van der Waals surface area contributed by atoms with Gasteiger partial charge in [-0.3, -0.25) is 9.59 Å². The van der Waals surface area contributed by atoms with Gasteiger partial charge in [-0.05, 0) is 38.8 Å². The van der Waals surface area contributed by atoms with Crippen LogP contribution in [0.3, 0.4) is 0 Å². The molecule has 0 unspecified atom stereocenters. The Bertz CT molecular complexity index is 1250. The Morgan fingerprint density at radius 1 is 1.24 bits per heavy atom. The molecule has 2 N–H and O–H groups in total. The Morgan fingerprint density at radius 3 is 2.62 bits per heavy atom. The first-order valence-electron chi connectivity index (χ1n) is 11.8. The zero-order valence-corrected chi connectivity index (χ0v) is 20.4. The number of carbonyl (C=O) groups excluding carboxylic acids is 3. The number of anilines is 1. The highest BCUT2D eigenvalue weighted by Gasteiger charge is 2.62. The Kier molecular flexibility index (Phi) is 7.58. The van der Waals surface area contributed by atoms with Crippen molar-refractivity contribution in [1.82, 2.24) is 14.6 Å². The van der Waals surface area contributed by atoms with E-state index in [0.29, 0.717) is 18.4 Å². The number of allylic oxidation sites excluding steroid dienone is 2. The summed E-state index contributed by atoms with van der Waals surface area (Å²) < 4.78 is 29.1. The van der Waals surface area contributed by atoms with E-state index in [-0.39, 0.29) is 24.4 Å². The van der Waals surface area contributed by atoms with Crippen molar-refractivity contribution >= 4 is 29.4 Å².